The second-order valence-electron chi connectivity index (χ2n) is 4.34. The van der Waals surface area contributed by atoms with Gasteiger partial charge in [-0.15, -0.1) is 0 Å². The zero-order valence-corrected chi connectivity index (χ0v) is 10.2. The third-order valence-corrected chi connectivity index (χ3v) is 3.17. The van der Waals surface area contributed by atoms with E-state index in [1.165, 1.54) is 0 Å². The fraction of sp³-hybridized carbons (Fsp3) is 0.500. The Morgan fingerprint density at radius 3 is 1.78 bits per heavy atom. The van der Waals surface area contributed by atoms with Gasteiger partial charge in [0.25, 0.3) is 0 Å². The summed E-state index contributed by atoms with van der Waals surface area (Å²) in [5, 5.41) is 0. The van der Waals surface area contributed by atoms with Gasteiger partial charge in [0.15, 0.2) is 28.9 Å². The lowest BCUT2D eigenvalue weighted by atomic mass is 9.62. The third kappa shape index (κ3) is 1.64. The summed E-state index contributed by atoms with van der Waals surface area (Å²) in [4.78, 5) is 69.8. The van der Waals surface area contributed by atoms with Gasteiger partial charge in [0, 0.05) is 0 Å². The molecule has 0 aromatic heterocycles. The van der Waals surface area contributed by atoms with Crippen LogP contribution in [0.25, 0.3) is 0 Å². The van der Waals surface area contributed by atoms with E-state index < -0.39 is 52.5 Å². The summed E-state index contributed by atoms with van der Waals surface area (Å²) in [6.45, 7) is 2.88. The van der Waals surface area contributed by atoms with E-state index in [0.29, 0.717) is 0 Å². The molecule has 0 saturated heterocycles. The lowest BCUT2D eigenvalue weighted by molar-refractivity contribution is -0.160. The van der Waals surface area contributed by atoms with Crippen molar-refractivity contribution in [3.05, 3.63) is 0 Å². The van der Waals surface area contributed by atoms with Crippen molar-refractivity contribution in [2.24, 2.45) is 11.3 Å². The van der Waals surface area contributed by atoms with Crippen molar-refractivity contribution < 1.29 is 28.8 Å². The highest BCUT2D eigenvalue weighted by atomic mass is 16.2. The van der Waals surface area contributed by atoms with Crippen LogP contribution in [0.1, 0.15) is 27.2 Å². The Labute approximate surface area is 103 Å². The van der Waals surface area contributed by atoms with Crippen molar-refractivity contribution >= 4 is 34.7 Å². The second-order valence-corrected chi connectivity index (χ2v) is 4.34. The molecule has 1 aliphatic carbocycles. The van der Waals surface area contributed by atoms with Crippen LogP contribution in [-0.4, -0.2) is 34.7 Å². The number of carbonyl (C=O) groups excluding carboxylic acids is 6. The van der Waals surface area contributed by atoms with Crippen molar-refractivity contribution in [3.8, 4) is 0 Å². The fourth-order valence-corrected chi connectivity index (χ4v) is 2.29. The van der Waals surface area contributed by atoms with Crippen LogP contribution in [0.15, 0.2) is 0 Å². The molecule has 0 aromatic rings. The predicted molar refractivity (Wildman–Crippen MR) is 57.6 cm³/mol. The summed E-state index contributed by atoms with van der Waals surface area (Å²) >= 11 is 0. The highest BCUT2D eigenvalue weighted by Crippen LogP contribution is 2.34. The number of hydrogen-bond acceptors (Lipinski definition) is 6. The Kier molecular flexibility index (Phi) is 3.41. The Bertz CT molecular complexity index is 485. The van der Waals surface area contributed by atoms with E-state index in [1.807, 2.05) is 0 Å². The van der Waals surface area contributed by atoms with E-state index in [1.54, 1.807) is 0 Å². The van der Waals surface area contributed by atoms with E-state index in [2.05, 4.69) is 0 Å². The summed E-state index contributed by atoms with van der Waals surface area (Å²) in [5.74, 6) is -7.41. The molecule has 1 unspecified atom stereocenters. The van der Waals surface area contributed by atoms with Crippen LogP contribution < -0.4 is 0 Å². The molecule has 0 N–H and O–H groups in total. The first-order valence-corrected chi connectivity index (χ1v) is 5.30. The Morgan fingerprint density at radius 2 is 1.44 bits per heavy atom. The molecule has 1 atom stereocenters. The molecule has 96 valence electrons. The minimum Gasteiger partial charge on any atom is -0.299 e. The zero-order chi connectivity index (χ0) is 14.2. The van der Waals surface area contributed by atoms with E-state index in [0.717, 1.165) is 20.8 Å². The van der Waals surface area contributed by atoms with Gasteiger partial charge >= 0.3 is 0 Å². The van der Waals surface area contributed by atoms with Gasteiger partial charge in [-0.3, -0.25) is 28.8 Å². The standard InChI is InChI=1S/C12H12O6/c1-5(13)10-8(16)4-9(17)12(6(2)14,7(3)15)11(10)18/h10H,4H2,1-3H3. The van der Waals surface area contributed by atoms with Crippen molar-refractivity contribution in [3.63, 3.8) is 0 Å². The minimum atomic E-state index is -2.47. The quantitative estimate of drug-likeness (QED) is 0.625. The third-order valence-electron chi connectivity index (χ3n) is 3.17. The minimum absolute atomic E-state index is 0.741. The number of ketones is 6. The largest absolute Gasteiger partial charge is 0.299 e. The van der Waals surface area contributed by atoms with Crippen molar-refractivity contribution in [1.29, 1.82) is 0 Å². The van der Waals surface area contributed by atoms with Gasteiger partial charge in [-0.25, -0.2) is 0 Å². The molecule has 0 radical (unpaired) electrons. The van der Waals surface area contributed by atoms with E-state index >= 15 is 0 Å². The van der Waals surface area contributed by atoms with Gasteiger partial charge in [-0.05, 0) is 20.8 Å². The normalized spacial score (nSPS) is 22.8. The summed E-state index contributed by atoms with van der Waals surface area (Å²) < 4.78 is 0. The molecule has 0 heterocycles. The Morgan fingerprint density at radius 1 is 1.00 bits per heavy atom. The highest BCUT2D eigenvalue weighted by Gasteiger charge is 2.61. The molecule has 0 amide bonds. The number of Topliss-reactive ketones (excluding diaryl/α,β-unsaturated/α-hetero) is 6. The summed E-state index contributed by atoms with van der Waals surface area (Å²) in [5.41, 5.74) is -2.47. The molecule has 0 bridgehead atoms. The SMILES string of the molecule is CC(=O)C1C(=O)CC(=O)C(C(C)=O)(C(C)=O)C1=O. The molecular weight excluding hydrogens is 240 g/mol. The Balaban J connectivity index is 3.51. The molecule has 18 heavy (non-hydrogen) atoms. The molecule has 0 aromatic carbocycles. The Hall–Kier alpha value is -1.98. The van der Waals surface area contributed by atoms with Gasteiger partial charge in [-0.2, -0.15) is 0 Å². The maximum atomic E-state index is 12.1. The second kappa shape index (κ2) is 4.36. The number of rotatable bonds is 3. The van der Waals surface area contributed by atoms with Crippen LogP contribution in [0.2, 0.25) is 0 Å². The zero-order valence-electron chi connectivity index (χ0n) is 10.2. The van der Waals surface area contributed by atoms with Crippen molar-refractivity contribution in [2.75, 3.05) is 0 Å². The molecular formula is C12H12O6. The van der Waals surface area contributed by atoms with Gasteiger partial charge in [0.2, 0.25) is 5.41 Å². The number of hydrogen-bond donors (Lipinski definition) is 0. The van der Waals surface area contributed by atoms with Crippen LogP contribution in [-0.2, 0) is 28.8 Å². The van der Waals surface area contributed by atoms with Gasteiger partial charge in [0.1, 0.15) is 11.7 Å². The first kappa shape index (κ1) is 14.1. The van der Waals surface area contributed by atoms with Crippen molar-refractivity contribution in [1.82, 2.24) is 0 Å². The molecule has 0 spiro atoms. The van der Waals surface area contributed by atoms with Crippen molar-refractivity contribution in [2.45, 2.75) is 27.2 Å². The van der Waals surface area contributed by atoms with Gasteiger partial charge in [-0.1, -0.05) is 0 Å². The topological polar surface area (TPSA) is 102 Å². The smallest absolute Gasteiger partial charge is 0.204 e. The maximum absolute atomic E-state index is 12.1. The lowest BCUT2D eigenvalue weighted by Gasteiger charge is -2.32. The fourth-order valence-electron chi connectivity index (χ4n) is 2.29. The van der Waals surface area contributed by atoms with E-state index in [-0.39, 0.29) is 0 Å². The molecule has 1 fully saturated rings. The maximum Gasteiger partial charge on any atom is 0.204 e. The summed E-state index contributed by atoms with van der Waals surface area (Å²) in [6.07, 6.45) is -0.741. The first-order valence-electron chi connectivity index (χ1n) is 5.30. The monoisotopic (exact) mass is 252 g/mol. The summed E-state index contributed by atoms with van der Waals surface area (Å²) in [6, 6.07) is 0. The molecule has 1 saturated carbocycles. The average Bonchev–Trinajstić information content (AvgIpc) is 2.14. The molecule has 6 heteroatoms. The van der Waals surface area contributed by atoms with Crippen LogP contribution in [0.3, 0.4) is 0 Å². The number of carbonyl (C=O) groups is 6. The molecule has 1 aliphatic rings. The molecule has 1 rings (SSSR count). The van der Waals surface area contributed by atoms with Crippen LogP contribution in [0, 0.1) is 11.3 Å². The van der Waals surface area contributed by atoms with Gasteiger partial charge in [0.05, 0.1) is 6.42 Å². The lowest BCUT2D eigenvalue weighted by Crippen LogP contribution is -2.59. The van der Waals surface area contributed by atoms with E-state index in [9.17, 15) is 28.8 Å². The van der Waals surface area contributed by atoms with Crippen LogP contribution >= 0.6 is 0 Å². The molecule has 6 nitrogen and oxygen atoms in total. The van der Waals surface area contributed by atoms with E-state index in [4.69, 9.17) is 0 Å². The van der Waals surface area contributed by atoms with Crippen LogP contribution in [0.5, 0.6) is 0 Å². The van der Waals surface area contributed by atoms with Crippen LogP contribution in [0.4, 0.5) is 0 Å². The average molecular weight is 252 g/mol. The summed E-state index contributed by atoms with van der Waals surface area (Å²) in [7, 11) is 0. The predicted octanol–water partition coefficient (Wildman–Crippen LogP) is -0.533. The highest BCUT2D eigenvalue weighted by molar-refractivity contribution is 6.47. The first-order chi connectivity index (χ1) is 8.17. The molecule has 0 aliphatic heterocycles. The van der Waals surface area contributed by atoms with Gasteiger partial charge < -0.3 is 0 Å².